The molecule has 1 heterocycles. The quantitative estimate of drug-likeness (QED) is 0.918. The van der Waals surface area contributed by atoms with Gasteiger partial charge in [0.1, 0.15) is 0 Å². The van der Waals surface area contributed by atoms with Crippen LogP contribution in [0.5, 0.6) is 0 Å². The van der Waals surface area contributed by atoms with Gasteiger partial charge in [-0.05, 0) is 40.5 Å². The molecule has 94 valence electrons. The minimum absolute atomic E-state index is 0.219. The molecule has 4 nitrogen and oxygen atoms in total. The van der Waals surface area contributed by atoms with Crippen molar-refractivity contribution in [2.24, 2.45) is 7.05 Å². The van der Waals surface area contributed by atoms with E-state index in [1.54, 1.807) is 24.0 Å². The van der Waals surface area contributed by atoms with Crippen LogP contribution in [0.3, 0.4) is 0 Å². The van der Waals surface area contributed by atoms with Gasteiger partial charge >= 0.3 is 0 Å². The van der Waals surface area contributed by atoms with Crippen LogP contribution in [0.25, 0.3) is 0 Å². The van der Waals surface area contributed by atoms with Crippen LogP contribution in [-0.4, -0.2) is 15.7 Å². The van der Waals surface area contributed by atoms with Crippen molar-refractivity contribution < 1.29 is 4.79 Å². The number of anilines is 1. The molecule has 1 aromatic carbocycles. The summed E-state index contributed by atoms with van der Waals surface area (Å²) >= 11 is 9.42. The topological polar surface area (TPSA) is 46.9 Å². The normalized spacial score (nSPS) is 10.4. The lowest BCUT2D eigenvalue weighted by Gasteiger charge is -2.08. The van der Waals surface area contributed by atoms with Gasteiger partial charge in [0.2, 0.25) is 0 Å². The Bertz CT molecular complexity index is 609. The number of rotatable bonds is 2. The van der Waals surface area contributed by atoms with E-state index in [2.05, 4.69) is 26.3 Å². The first-order valence-electron chi connectivity index (χ1n) is 5.23. The van der Waals surface area contributed by atoms with E-state index in [0.717, 1.165) is 10.0 Å². The van der Waals surface area contributed by atoms with Crippen LogP contribution < -0.4 is 5.32 Å². The molecule has 6 heteroatoms. The highest BCUT2D eigenvalue weighted by atomic mass is 79.9. The maximum Gasteiger partial charge on any atom is 0.258 e. The number of nitrogens with one attached hydrogen (secondary N) is 1. The van der Waals surface area contributed by atoms with E-state index in [1.807, 2.05) is 13.0 Å². The molecule has 0 aliphatic heterocycles. The average molecular weight is 329 g/mol. The van der Waals surface area contributed by atoms with Gasteiger partial charge in [-0.25, -0.2) is 0 Å². The molecule has 0 aliphatic rings. The average Bonchev–Trinajstić information content (AvgIpc) is 2.73. The van der Waals surface area contributed by atoms with Gasteiger partial charge in [-0.3, -0.25) is 9.48 Å². The molecule has 0 aliphatic carbocycles. The van der Waals surface area contributed by atoms with Gasteiger partial charge < -0.3 is 5.32 Å². The molecular weight excluding hydrogens is 318 g/mol. The van der Waals surface area contributed by atoms with Crippen molar-refractivity contribution in [2.45, 2.75) is 6.92 Å². The lowest BCUT2D eigenvalue weighted by atomic mass is 10.2. The SMILES string of the molecule is Cc1cc(Br)c(NC(=O)c2cnn(C)c2)cc1Cl. The zero-order chi connectivity index (χ0) is 13.3. The van der Waals surface area contributed by atoms with E-state index in [0.29, 0.717) is 16.3 Å². The van der Waals surface area contributed by atoms with E-state index in [9.17, 15) is 4.79 Å². The van der Waals surface area contributed by atoms with Crippen molar-refractivity contribution in [1.29, 1.82) is 0 Å². The maximum atomic E-state index is 11.9. The third-order valence-corrected chi connectivity index (χ3v) is 3.53. The first-order valence-corrected chi connectivity index (χ1v) is 6.40. The Morgan fingerprint density at radius 2 is 2.22 bits per heavy atom. The van der Waals surface area contributed by atoms with Gasteiger partial charge in [0.25, 0.3) is 5.91 Å². The fourth-order valence-electron chi connectivity index (χ4n) is 1.48. The molecule has 1 amide bonds. The Labute approximate surface area is 118 Å². The molecule has 0 bridgehead atoms. The molecule has 0 unspecified atom stereocenters. The van der Waals surface area contributed by atoms with Crippen molar-refractivity contribution in [3.05, 3.63) is 45.1 Å². The van der Waals surface area contributed by atoms with E-state index in [4.69, 9.17) is 11.6 Å². The molecule has 0 fully saturated rings. The second-order valence-electron chi connectivity index (χ2n) is 3.94. The molecule has 18 heavy (non-hydrogen) atoms. The monoisotopic (exact) mass is 327 g/mol. The predicted octanol–water partition coefficient (Wildman–Crippen LogP) is 3.40. The van der Waals surface area contributed by atoms with Gasteiger partial charge in [0, 0.05) is 22.7 Å². The molecule has 1 aromatic heterocycles. The molecule has 0 atom stereocenters. The zero-order valence-corrected chi connectivity index (χ0v) is 12.2. The summed E-state index contributed by atoms with van der Waals surface area (Å²) in [6.07, 6.45) is 3.16. The van der Waals surface area contributed by atoms with Crippen LogP contribution in [-0.2, 0) is 7.05 Å². The van der Waals surface area contributed by atoms with Crippen LogP contribution in [0.4, 0.5) is 5.69 Å². The van der Waals surface area contributed by atoms with Crippen LogP contribution in [0.15, 0.2) is 29.0 Å². The number of benzene rings is 1. The van der Waals surface area contributed by atoms with Crippen molar-refractivity contribution in [1.82, 2.24) is 9.78 Å². The molecule has 0 radical (unpaired) electrons. The highest BCUT2D eigenvalue weighted by Crippen LogP contribution is 2.29. The second-order valence-corrected chi connectivity index (χ2v) is 5.20. The third kappa shape index (κ3) is 2.73. The number of nitrogens with zero attached hydrogens (tertiary/aromatic N) is 2. The first kappa shape index (κ1) is 13.1. The molecular formula is C12H11BrClN3O. The van der Waals surface area contributed by atoms with Crippen molar-refractivity contribution in [3.8, 4) is 0 Å². The number of amides is 1. The standard InChI is InChI=1S/C12H11BrClN3O/c1-7-3-9(13)11(4-10(7)14)16-12(18)8-5-15-17(2)6-8/h3-6H,1-2H3,(H,16,18). The first-order chi connectivity index (χ1) is 8.47. The molecule has 0 saturated carbocycles. The number of aryl methyl sites for hydroxylation is 2. The second kappa shape index (κ2) is 5.12. The molecule has 0 spiro atoms. The number of carbonyl (C=O) groups excluding carboxylic acids is 1. The van der Waals surface area contributed by atoms with Gasteiger partial charge in [-0.1, -0.05) is 11.6 Å². The van der Waals surface area contributed by atoms with Gasteiger partial charge in [-0.2, -0.15) is 5.10 Å². The Balaban J connectivity index is 2.24. The smallest absolute Gasteiger partial charge is 0.258 e. The number of hydrogen-bond acceptors (Lipinski definition) is 2. The Morgan fingerprint density at radius 3 is 2.83 bits per heavy atom. The predicted molar refractivity (Wildman–Crippen MR) is 75.1 cm³/mol. The molecule has 1 N–H and O–H groups in total. The van der Waals surface area contributed by atoms with Gasteiger partial charge in [-0.15, -0.1) is 0 Å². The Morgan fingerprint density at radius 1 is 1.50 bits per heavy atom. The summed E-state index contributed by atoms with van der Waals surface area (Å²) in [4.78, 5) is 11.9. The summed E-state index contributed by atoms with van der Waals surface area (Å²) in [6.45, 7) is 1.90. The number of carbonyl (C=O) groups is 1. The Hall–Kier alpha value is -1.33. The summed E-state index contributed by atoms with van der Waals surface area (Å²) < 4.78 is 2.37. The molecule has 2 aromatic rings. The van der Waals surface area contributed by atoms with Crippen LogP contribution >= 0.6 is 27.5 Å². The highest BCUT2D eigenvalue weighted by molar-refractivity contribution is 9.10. The summed E-state index contributed by atoms with van der Waals surface area (Å²) in [5, 5.41) is 7.35. The molecule has 0 saturated heterocycles. The van der Waals surface area contributed by atoms with Gasteiger partial charge in [0.15, 0.2) is 0 Å². The lowest BCUT2D eigenvalue weighted by Crippen LogP contribution is -2.11. The Kier molecular flexibility index (Phi) is 3.73. The van der Waals surface area contributed by atoms with E-state index in [-0.39, 0.29) is 5.91 Å². The minimum Gasteiger partial charge on any atom is -0.321 e. The van der Waals surface area contributed by atoms with E-state index < -0.39 is 0 Å². The van der Waals surface area contributed by atoms with Crippen LogP contribution in [0, 0.1) is 6.92 Å². The van der Waals surface area contributed by atoms with Gasteiger partial charge in [0.05, 0.1) is 17.4 Å². The maximum absolute atomic E-state index is 11.9. The summed E-state index contributed by atoms with van der Waals surface area (Å²) in [5.41, 5.74) is 2.09. The fourth-order valence-corrected chi connectivity index (χ4v) is 2.20. The third-order valence-electron chi connectivity index (χ3n) is 2.46. The zero-order valence-electron chi connectivity index (χ0n) is 9.87. The summed E-state index contributed by atoms with van der Waals surface area (Å²) in [6, 6.07) is 3.58. The van der Waals surface area contributed by atoms with E-state index in [1.165, 1.54) is 6.20 Å². The number of halogens is 2. The van der Waals surface area contributed by atoms with Crippen molar-refractivity contribution in [3.63, 3.8) is 0 Å². The minimum atomic E-state index is -0.219. The van der Waals surface area contributed by atoms with Crippen molar-refractivity contribution >= 4 is 39.1 Å². The number of aromatic nitrogens is 2. The lowest BCUT2D eigenvalue weighted by molar-refractivity contribution is 0.102. The largest absolute Gasteiger partial charge is 0.321 e. The molecule has 2 rings (SSSR count). The van der Waals surface area contributed by atoms with Crippen LogP contribution in [0.1, 0.15) is 15.9 Å². The van der Waals surface area contributed by atoms with Crippen LogP contribution in [0.2, 0.25) is 5.02 Å². The van der Waals surface area contributed by atoms with E-state index >= 15 is 0 Å². The summed E-state index contributed by atoms with van der Waals surface area (Å²) in [7, 11) is 1.76. The number of hydrogen-bond donors (Lipinski definition) is 1. The highest BCUT2D eigenvalue weighted by Gasteiger charge is 2.11. The fraction of sp³-hybridized carbons (Fsp3) is 0.167. The summed E-state index contributed by atoms with van der Waals surface area (Å²) in [5.74, 6) is -0.219. The van der Waals surface area contributed by atoms with Crippen molar-refractivity contribution in [2.75, 3.05) is 5.32 Å².